The Kier molecular flexibility index (Phi) is 3.61. The second kappa shape index (κ2) is 5.34. The van der Waals surface area contributed by atoms with Gasteiger partial charge in [-0.1, -0.05) is 12.1 Å². The van der Waals surface area contributed by atoms with Gasteiger partial charge in [0.25, 0.3) is 5.91 Å². The van der Waals surface area contributed by atoms with Gasteiger partial charge in [0.2, 0.25) is 0 Å². The van der Waals surface area contributed by atoms with Crippen LogP contribution in [0.1, 0.15) is 26.4 Å². The molecule has 0 spiro atoms. The smallest absolute Gasteiger partial charge is 0.336 e. The first-order valence-electron chi connectivity index (χ1n) is 5.67. The minimum absolute atomic E-state index is 0.0129. The minimum atomic E-state index is -1.12. The van der Waals surface area contributed by atoms with Crippen LogP contribution in [-0.2, 0) is 13.6 Å². The lowest BCUT2D eigenvalue weighted by molar-refractivity contribution is 0.0691. The van der Waals surface area contributed by atoms with E-state index in [0.717, 1.165) is 0 Å². The van der Waals surface area contributed by atoms with Gasteiger partial charge in [-0.05, 0) is 18.2 Å². The number of aromatic nitrogens is 2. The van der Waals surface area contributed by atoms with Crippen molar-refractivity contribution in [2.75, 3.05) is 0 Å². The largest absolute Gasteiger partial charge is 0.478 e. The van der Waals surface area contributed by atoms with Crippen molar-refractivity contribution in [3.8, 4) is 0 Å². The number of benzene rings is 1. The number of nitrogens with one attached hydrogen (secondary N) is 1. The molecule has 0 aliphatic carbocycles. The van der Waals surface area contributed by atoms with E-state index in [1.165, 1.54) is 12.1 Å². The highest BCUT2D eigenvalue weighted by Gasteiger charge is 2.15. The summed E-state index contributed by atoms with van der Waals surface area (Å²) in [5.74, 6) is -1.55. The van der Waals surface area contributed by atoms with Crippen molar-refractivity contribution in [1.29, 1.82) is 0 Å². The summed E-state index contributed by atoms with van der Waals surface area (Å²) in [7, 11) is 1.78. The molecule has 0 bridgehead atoms. The molecule has 1 aromatic heterocycles. The molecule has 6 heteroatoms. The van der Waals surface area contributed by atoms with Crippen LogP contribution in [0.5, 0.6) is 0 Å². The van der Waals surface area contributed by atoms with Gasteiger partial charge < -0.3 is 10.4 Å². The van der Waals surface area contributed by atoms with Gasteiger partial charge in [0.1, 0.15) is 0 Å². The monoisotopic (exact) mass is 259 g/mol. The van der Waals surface area contributed by atoms with Crippen molar-refractivity contribution in [2.24, 2.45) is 7.05 Å². The number of carboxylic acid groups (broad SMARTS) is 1. The summed E-state index contributed by atoms with van der Waals surface area (Å²) in [4.78, 5) is 22.9. The maximum absolute atomic E-state index is 11.9. The van der Waals surface area contributed by atoms with Gasteiger partial charge in [0.15, 0.2) is 0 Å². The Labute approximate surface area is 109 Å². The van der Waals surface area contributed by atoms with E-state index < -0.39 is 11.9 Å². The average Bonchev–Trinajstić information content (AvgIpc) is 2.81. The number of rotatable bonds is 4. The predicted octanol–water partition coefficient (Wildman–Crippen LogP) is 1.05. The maximum Gasteiger partial charge on any atom is 0.336 e. The van der Waals surface area contributed by atoms with Gasteiger partial charge in [0, 0.05) is 13.2 Å². The highest BCUT2D eigenvalue weighted by atomic mass is 16.4. The predicted molar refractivity (Wildman–Crippen MR) is 67.8 cm³/mol. The molecule has 2 N–H and O–H groups in total. The van der Waals surface area contributed by atoms with E-state index in [0.29, 0.717) is 5.69 Å². The molecule has 0 fully saturated rings. The topological polar surface area (TPSA) is 84.2 Å². The van der Waals surface area contributed by atoms with E-state index in [9.17, 15) is 9.59 Å². The maximum atomic E-state index is 11.9. The van der Waals surface area contributed by atoms with Crippen molar-refractivity contribution < 1.29 is 14.7 Å². The Morgan fingerprint density at radius 3 is 2.53 bits per heavy atom. The first kappa shape index (κ1) is 12.8. The average molecular weight is 259 g/mol. The fraction of sp³-hybridized carbons (Fsp3) is 0.154. The third-order valence-electron chi connectivity index (χ3n) is 2.60. The summed E-state index contributed by atoms with van der Waals surface area (Å²) in [6.45, 7) is 0.258. The van der Waals surface area contributed by atoms with Gasteiger partial charge in [0.05, 0.1) is 23.4 Å². The second-order valence-electron chi connectivity index (χ2n) is 4.01. The number of hydrogen-bond donors (Lipinski definition) is 2. The van der Waals surface area contributed by atoms with E-state index in [-0.39, 0.29) is 17.7 Å². The summed E-state index contributed by atoms with van der Waals surface area (Å²) >= 11 is 0. The van der Waals surface area contributed by atoms with Crippen LogP contribution >= 0.6 is 0 Å². The van der Waals surface area contributed by atoms with Gasteiger partial charge in [-0.25, -0.2) is 4.79 Å². The standard InChI is InChI=1S/C13H13N3O3/c1-16-7-6-9(15-16)8-14-12(17)10-4-2-3-5-11(10)13(18)19/h2-7H,8H2,1H3,(H,14,17)(H,18,19). The third kappa shape index (κ3) is 2.98. The Bertz CT molecular complexity index is 619. The summed E-state index contributed by atoms with van der Waals surface area (Å²) in [5.41, 5.74) is 0.843. The lowest BCUT2D eigenvalue weighted by atomic mass is 10.1. The number of carboxylic acids is 1. The number of nitrogens with zero attached hydrogens (tertiary/aromatic N) is 2. The van der Waals surface area contributed by atoms with E-state index >= 15 is 0 Å². The van der Waals surface area contributed by atoms with E-state index in [1.807, 2.05) is 0 Å². The zero-order chi connectivity index (χ0) is 13.8. The summed E-state index contributed by atoms with van der Waals surface area (Å²) in [5, 5.41) is 15.8. The number of carbonyl (C=O) groups is 2. The molecule has 1 aromatic carbocycles. The molecule has 0 radical (unpaired) electrons. The number of aromatic carboxylic acids is 1. The van der Waals surface area contributed by atoms with E-state index in [1.54, 1.807) is 36.1 Å². The number of amides is 1. The van der Waals surface area contributed by atoms with Crippen molar-refractivity contribution in [1.82, 2.24) is 15.1 Å². The van der Waals surface area contributed by atoms with Gasteiger partial charge >= 0.3 is 5.97 Å². The lowest BCUT2D eigenvalue weighted by Crippen LogP contribution is -2.25. The molecule has 2 rings (SSSR count). The third-order valence-corrected chi connectivity index (χ3v) is 2.60. The molecule has 1 amide bonds. The zero-order valence-corrected chi connectivity index (χ0v) is 10.3. The van der Waals surface area contributed by atoms with Crippen LogP contribution in [0, 0.1) is 0 Å². The first-order chi connectivity index (χ1) is 9.08. The SMILES string of the molecule is Cn1ccc(CNC(=O)c2ccccc2C(=O)O)n1. The van der Waals surface area contributed by atoms with Crippen molar-refractivity contribution in [3.63, 3.8) is 0 Å². The van der Waals surface area contributed by atoms with Gasteiger partial charge in [-0.2, -0.15) is 5.10 Å². The van der Waals surface area contributed by atoms with Gasteiger partial charge in [-0.3, -0.25) is 9.48 Å². The van der Waals surface area contributed by atoms with Crippen molar-refractivity contribution in [2.45, 2.75) is 6.54 Å². The zero-order valence-electron chi connectivity index (χ0n) is 10.3. The number of hydrogen-bond acceptors (Lipinski definition) is 3. The van der Waals surface area contributed by atoms with Gasteiger partial charge in [-0.15, -0.1) is 0 Å². The molecule has 2 aromatic rings. The van der Waals surface area contributed by atoms with Crippen molar-refractivity contribution >= 4 is 11.9 Å². The first-order valence-corrected chi connectivity index (χ1v) is 5.67. The molecule has 0 saturated carbocycles. The Balaban J connectivity index is 2.10. The molecule has 0 aliphatic rings. The summed E-state index contributed by atoms with van der Waals surface area (Å²) < 4.78 is 1.63. The molecule has 6 nitrogen and oxygen atoms in total. The highest BCUT2D eigenvalue weighted by Crippen LogP contribution is 2.08. The molecule has 19 heavy (non-hydrogen) atoms. The minimum Gasteiger partial charge on any atom is -0.478 e. The summed E-state index contributed by atoms with van der Waals surface area (Å²) in [6.07, 6.45) is 1.77. The molecule has 1 heterocycles. The lowest BCUT2D eigenvalue weighted by Gasteiger charge is -2.06. The fourth-order valence-corrected chi connectivity index (χ4v) is 1.69. The normalized spacial score (nSPS) is 10.2. The van der Waals surface area contributed by atoms with Crippen LogP contribution in [-0.4, -0.2) is 26.8 Å². The Hall–Kier alpha value is -2.63. The molecule has 0 saturated heterocycles. The highest BCUT2D eigenvalue weighted by molar-refractivity contribution is 6.04. The molecule has 0 atom stereocenters. The molecular formula is C13H13N3O3. The quantitative estimate of drug-likeness (QED) is 0.859. The van der Waals surface area contributed by atoms with Crippen LogP contribution in [0.25, 0.3) is 0 Å². The van der Waals surface area contributed by atoms with Crippen LogP contribution < -0.4 is 5.32 Å². The van der Waals surface area contributed by atoms with Crippen LogP contribution in [0.2, 0.25) is 0 Å². The van der Waals surface area contributed by atoms with Crippen LogP contribution in [0.3, 0.4) is 0 Å². The Morgan fingerprint density at radius 2 is 1.95 bits per heavy atom. The van der Waals surface area contributed by atoms with Crippen LogP contribution in [0.15, 0.2) is 36.5 Å². The van der Waals surface area contributed by atoms with E-state index in [2.05, 4.69) is 10.4 Å². The Morgan fingerprint density at radius 1 is 1.26 bits per heavy atom. The summed E-state index contributed by atoms with van der Waals surface area (Å²) in [6, 6.07) is 7.87. The fourth-order valence-electron chi connectivity index (χ4n) is 1.69. The number of aryl methyl sites for hydroxylation is 1. The second-order valence-corrected chi connectivity index (χ2v) is 4.01. The van der Waals surface area contributed by atoms with Crippen molar-refractivity contribution in [3.05, 3.63) is 53.3 Å². The molecular weight excluding hydrogens is 246 g/mol. The van der Waals surface area contributed by atoms with Crippen LogP contribution in [0.4, 0.5) is 0 Å². The molecule has 98 valence electrons. The molecule has 0 unspecified atom stereocenters. The number of carbonyl (C=O) groups excluding carboxylic acids is 1. The molecule has 0 aliphatic heterocycles. The van der Waals surface area contributed by atoms with E-state index in [4.69, 9.17) is 5.11 Å².